The van der Waals surface area contributed by atoms with Crippen LogP contribution in [-0.4, -0.2) is 50.2 Å². The number of carbonyl (C=O) groups excluding carboxylic acids is 2. The van der Waals surface area contributed by atoms with E-state index in [0.29, 0.717) is 5.39 Å². The van der Waals surface area contributed by atoms with Crippen LogP contribution in [0.25, 0.3) is 21.1 Å². The molecule has 10 nitrogen and oxygen atoms in total. The van der Waals surface area contributed by atoms with Crippen LogP contribution in [0.1, 0.15) is 42.6 Å². The first-order valence-electron chi connectivity index (χ1n) is 11.5. The van der Waals surface area contributed by atoms with Crippen molar-refractivity contribution in [1.82, 2.24) is 20.5 Å². The molecule has 0 saturated heterocycles. The molecule has 0 aliphatic rings. The molecular formula is C24H22ClF3N6O4S. The highest BCUT2D eigenvalue weighted by atomic mass is 35.5. The lowest BCUT2D eigenvalue weighted by molar-refractivity contribution is -0.137. The third-order valence-electron chi connectivity index (χ3n) is 5.70. The van der Waals surface area contributed by atoms with Crippen molar-refractivity contribution < 1.29 is 32.7 Å². The Morgan fingerprint density at radius 1 is 1.18 bits per heavy atom. The highest BCUT2D eigenvalue weighted by Gasteiger charge is 2.36. The SMILES string of the molecule is CC(C)(Nc1ccc(Cl)cc1C(=O)NCCCC(=O)O)C(=O)Nc1nc2c(C(F)(F)F)cc3[nH]ncc3c2s1. The fraction of sp³-hybridized carbons (Fsp3) is 0.292. The molecule has 0 atom stereocenters. The third-order valence-corrected chi connectivity index (χ3v) is 6.94. The summed E-state index contributed by atoms with van der Waals surface area (Å²) in [6, 6.07) is 5.34. The average Bonchev–Trinajstić information content (AvgIpc) is 3.47. The van der Waals surface area contributed by atoms with E-state index < -0.39 is 35.1 Å². The molecule has 0 aliphatic heterocycles. The summed E-state index contributed by atoms with van der Waals surface area (Å²) in [6.07, 6.45) is -3.17. The van der Waals surface area contributed by atoms with E-state index in [2.05, 4.69) is 31.1 Å². The molecule has 0 aliphatic carbocycles. The highest BCUT2D eigenvalue weighted by molar-refractivity contribution is 7.23. The molecule has 0 bridgehead atoms. The van der Waals surface area contributed by atoms with Crippen molar-refractivity contribution in [3.63, 3.8) is 0 Å². The molecule has 0 fully saturated rings. The molecular weight excluding hydrogens is 561 g/mol. The first-order chi connectivity index (χ1) is 18.3. The number of aromatic nitrogens is 3. The Labute approximate surface area is 227 Å². The zero-order valence-corrected chi connectivity index (χ0v) is 22.1. The zero-order chi connectivity index (χ0) is 28.5. The number of nitrogens with zero attached hydrogens (tertiary/aromatic N) is 2. The van der Waals surface area contributed by atoms with Gasteiger partial charge in [0.05, 0.1) is 33.1 Å². The first-order valence-corrected chi connectivity index (χ1v) is 12.7. The summed E-state index contributed by atoms with van der Waals surface area (Å²) in [4.78, 5) is 40.7. The summed E-state index contributed by atoms with van der Waals surface area (Å²) in [7, 11) is 0. The molecule has 4 rings (SSSR count). The number of fused-ring (bicyclic) bond motifs is 3. The van der Waals surface area contributed by atoms with Crippen LogP contribution in [-0.2, 0) is 15.8 Å². The molecule has 4 aromatic rings. The van der Waals surface area contributed by atoms with E-state index in [1.807, 2.05) is 0 Å². The average molecular weight is 583 g/mol. The van der Waals surface area contributed by atoms with Gasteiger partial charge in [0.15, 0.2) is 5.13 Å². The van der Waals surface area contributed by atoms with Crippen molar-refractivity contribution in [3.05, 3.63) is 46.6 Å². The van der Waals surface area contributed by atoms with Crippen molar-refractivity contribution in [2.24, 2.45) is 0 Å². The van der Waals surface area contributed by atoms with Crippen LogP contribution in [0.15, 0.2) is 30.5 Å². The predicted molar refractivity (Wildman–Crippen MR) is 141 cm³/mol. The molecule has 2 aromatic heterocycles. The third kappa shape index (κ3) is 6.23. The molecule has 15 heteroatoms. The summed E-state index contributed by atoms with van der Waals surface area (Å²) < 4.78 is 41.3. The number of anilines is 2. The van der Waals surface area contributed by atoms with E-state index in [9.17, 15) is 27.6 Å². The Morgan fingerprint density at radius 2 is 1.92 bits per heavy atom. The highest BCUT2D eigenvalue weighted by Crippen LogP contribution is 2.41. The second kappa shape index (κ2) is 10.7. The fourth-order valence-corrected chi connectivity index (χ4v) is 4.92. The molecule has 39 heavy (non-hydrogen) atoms. The van der Waals surface area contributed by atoms with Crippen LogP contribution in [0.3, 0.4) is 0 Å². The van der Waals surface area contributed by atoms with E-state index in [1.54, 1.807) is 0 Å². The molecule has 5 N–H and O–H groups in total. The summed E-state index contributed by atoms with van der Waals surface area (Å²) >= 11 is 6.94. The quantitative estimate of drug-likeness (QED) is 0.169. The minimum absolute atomic E-state index is 0.0448. The van der Waals surface area contributed by atoms with Gasteiger partial charge in [0.2, 0.25) is 0 Å². The van der Waals surface area contributed by atoms with Gasteiger partial charge in [-0.15, -0.1) is 0 Å². The summed E-state index contributed by atoms with van der Waals surface area (Å²) in [5.74, 6) is -2.14. The maximum atomic E-state index is 13.7. The Bertz CT molecular complexity index is 1580. The largest absolute Gasteiger partial charge is 0.481 e. The van der Waals surface area contributed by atoms with Gasteiger partial charge in [-0.05, 0) is 44.5 Å². The zero-order valence-electron chi connectivity index (χ0n) is 20.5. The molecule has 2 aromatic carbocycles. The molecule has 0 saturated carbocycles. The summed E-state index contributed by atoms with van der Waals surface area (Å²) in [5.41, 5.74) is -2.04. The number of carbonyl (C=O) groups is 3. The second-order valence-electron chi connectivity index (χ2n) is 9.10. The predicted octanol–water partition coefficient (Wildman–Crippen LogP) is 5.27. The molecule has 0 spiro atoms. The Hall–Kier alpha value is -3.91. The van der Waals surface area contributed by atoms with Gasteiger partial charge < -0.3 is 15.7 Å². The normalized spacial score (nSPS) is 12.1. The number of benzene rings is 2. The first kappa shape index (κ1) is 28.1. The molecule has 0 radical (unpaired) electrons. The Morgan fingerprint density at radius 3 is 2.62 bits per heavy atom. The van der Waals surface area contributed by atoms with Gasteiger partial charge in [-0.3, -0.25) is 24.8 Å². The van der Waals surface area contributed by atoms with E-state index in [0.717, 1.165) is 17.4 Å². The van der Waals surface area contributed by atoms with E-state index in [1.165, 1.54) is 38.2 Å². The van der Waals surface area contributed by atoms with Crippen molar-refractivity contribution in [3.8, 4) is 0 Å². The number of nitrogens with one attached hydrogen (secondary N) is 4. The number of halogens is 4. The lowest BCUT2D eigenvalue weighted by Crippen LogP contribution is -2.44. The second-order valence-corrected chi connectivity index (χ2v) is 10.5. The van der Waals surface area contributed by atoms with Gasteiger partial charge in [0.25, 0.3) is 11.8 Å². The summed E-state index contributed by atoms with van der Waals surface area (Å²) in [5, 5.41) is 23.9. The van der Waals surface area contributed by atoms with Gasteiger partial charge >= 0.3 is 12.1 Å². The van der Waals surface area contributed by atoms with E-state index in [4.69, 9.17) is 16.7 Å². The standard InChI is InChI=1S/C24H22ClF3N6O4S/c1-23(2,33-15-6-5-11(25)8-12(15)20(37)29-7-3-4-17(35)36)21(38)32-22-31-18-14(24(26,27)28)9-16-13(10-30-34-16)19(18)39-22/h5-6,8-10,33H,3-4,7H2,1-2H3,(H,29,37)(H,30,34)(H,35,36)(H,31,32,38). The van der Waals surface area contributed by atoms with Crippen molar-refractivity contribution in [1.29, 1.82) is 0 Å². The Balaban J connectivity index is 1.56. The number of aliphatic carboxylic acids is 1. The van der Waals surface area contributed by atoms with Crippen LogP contribution in [0.4, 0.5) is 24.0 Å². The van der Waals surface area contributed by atoms with Gasteiger partial charge in [-0.1, -0.05) is 22.9 Å². The smallest absolute Gasteiger partial charge is 0.418 e. The Kier molecular flexibility index (Phi) is 7.70. The number of hydrogen-bond acceptors (Lipinski definition) is 7. The lowest BCUT2D eigenvalue weighted by atomic mass is 10.0. The summed E-state index contributed by atoms with van der Waals surface area (Å²) in [6.45, 7) is 3.16. The number of rotatable bonds is 9. The van der Waals surface area contributed by atoms with E-state index in [-0.39, 0.29) is 56.5 Å². The molecule has 2 heterocycles. The van der Waals surface area contributed by atoms with Crippen LogP contribution in [0, 0.1) is 0 Å². The van der Waals surface area contributed by atoms with Gasteiger partial charge in [-0.2, -0.15) is 18.3 Å². The maximum Gasteiger partial charge on any atom is 0.418 e. The minimum Gasteiger partial charge on any atom is -0.481 e. The van der Waals surface area contributed by atoms with E-state index >= 15 is 0 Å². The number of H-pyrrole nitrogens is 1. The number of hydrogen-bond donors (Lipinski definition) is 5. The van der Waals surface area contributed by atoms with Crippen LogP contribution >= 0.6 is 22.9 Å². The number of alkyl halides is 3. The van der Waals surface area contributed by atoms with Crippen molar-refractivity contribution >= 4 is 72.7 Å². The van der Waals surface area contributed by atoms with Gasteiger partial charge in [-0.25, -0.2) is 4.98 Å². The van der Waals surface area contributed by atoms with Crippen LogP contribution in [0.5, 0.6) is 0 Å². The van der Waals surface area contributed by atoms with Gasteiger partial charge in [0, 0.05) is 29.1 Å². The number of carboxylic acid groups (broad SMARTS) is 1. The van der Waals surface area contributed by atoms with Gasteiger partial charge in [0.1, 0.15) is 5.54 Å². The fourth-order valence-electron chi connectivity index (χ4n) is 3.75. The number of thiazole rings is 1. The molecule has 0 unspecified atom stereocenters. The maximum absolute atomic E-state index is 13.7. The number of aromatic amines is 1. The monoisotopic (exact) mass is 582 g/mol. The van der Waals surface area contributed by atoms with Crippen LogP contribution < -0.4 is 16.0 Å². The minimum atomic E-state index is -4.67. The molecule has 2 amide bonds. The molecule has 206 valence electrons. The van der Waals surface area contributed by atoms with Crippen molar-refractivity contribution in [2.45, 2.75) is 38.4 Å². The number of carboxylic acids is 1. The topological polar surface area (TPSA) is 149 Å². The van der Waals surface area contributed by atoms with Crippen LogP contribution in [0.2, 0.25) is 5.02 Å². The number of amides is 2. The van der Waals surface area contributed by atoms with Crippen molar-refractivity contribution in [2.75, 3.05) is 17.2 Å². The lowest BCUT2D eigenvalue weighted by Gasteiger charge is -2.27.